The van der Waals surface area contributed by atoms with Crippen molar-refractivity contribution in [3.63, 3.8) is 0 Å². The van der Waals surface area contributed by atoms with Crippen molar-refractivity contribution in [2.75, 3.05) is 20.3 Å². The molecular formula is C24H21ClFNO6. The van der Waals surface area contributed by atoms with Crippen LogP contribution in [0.15, 0.2) is 47.4 Å². The number of nitrogens with zero attached hydrogens (tertiary/aromatic N) is 1. The number of aromatic carboxylic acids is 1. The average Bonchev–Trinajstić information content (AvgIpc) is 2.75. The lowest BCUT2D eigenvalue weighted by atomic mass is 10.0. The zero-order valence-corrected chi connectivity index (χ0v) is 18.7. The van der Waals surface area contributed by atoms with E-state index in [2.05, 4.69) is 0 Å². The predicted octanol–water partition coefficient (Wildman–Crippen LogP) is 4.67. The lowest BCUT2D eigenvalue weighted by molar-refractivity contribution is 0.0693. The summed E-state index contributed by atoms with van der Waals surface area (Å²) in [5.74, 6) is -1.07. The molecule has 0 aliphatic carbocycles. The van der Waals surface area contributed by atoms with Crippen LogP contribution in [0.2, 0.25) is 5.02 Å². The van der Waals surface area contributed by atoms with Crippen LogP contribution >= 0.6 is 11.6 Å². The van der Waals surface area contributed by atoms with Crippen molar-refractivity contribution in [2.45, 2.75) is 19.6 Å². The molecule has 1 unspecified atom stereocenters. The van der Waals surface area contributed by atoms with Gasteiger partial charge in [0.1, 0.15) is 22.9 Å². The first-order chi connectivity index (χ1) is 15.8. The number of benzene rings is 2. The summed E-state index contributed by atoms with van der Waals surface area (Å²) in [7, 11) is 1.60. The number of carboxylic acid groups (broad SMARTS) is 1. The Bertz CT molecular complexity index is 1270. The molecule has 1 aromatic heterocycles. The van der Waals surface area contributed by atoms with Gasteiger partial charge in [0.15, 0.2) is 5.43 Å². The van der Waals surface area contributed by atoms with Crippen LogP contribution in [0.4, 0.5) is 4.39 Å². The molecule has 1 aliphatic rings. The first-order valence-electron chi connectivity index (χ1n) is 10.2. The van der Waals surface area contributed by atoms with E-state index in [1.165, 1.54) is 29.0 Å². The van der Waals surface area contributed by atoms with E-state index in [1.54, 1.807) is 32.2 Å². The summed E-state index contributed by atoms with van der Waals surface area (Å²) in [6, 6.07) is 8.85. The molecule has 1 aliphatic heterocycles. The highest BCUT2D eigenvalue weighted by molar-refractivity contribution is 6.32. The standard InChI is InChI=1S/C24H21ClFNO6/c1-13-6-14(8-15(26)7-13)23-27-12-17(24(29)30)20(28)10-19(27)16-9-18(25)22(11-21(16)33-23)32-5-3-4-31-2/h6-12,23H,3-5H2,1-2H3,(H,29,30). The van der Waals surface area contributed by atoms with Gasteiger partial charge in [0.2, 0.25) is 6.23 Å². The zero-order chi connectivity index (χ0) is 23.7. The summed E-state index contributed by atoms with van der Waals surface area (Å²) >= 11 is 6.41. The minimum atomic E-state index is -1.37. The summed E-state index contributed by atoms with van der Waals surface area (Å²) < 4.78 is 32.6. The van der Waals surface area contributed by atoms with Crippen molar-refractivity contribution < 1.29 is 28.5 Å². The molecule has 2 aromatic carbocycles. The number of hydrogen-bond donors (Lipinski definition) is 1. The number of methoxy groups -OCH3 is 1. The molecule has 1 atom stereocenters. The van der Waals surface area contributed by atoms with Crippen molar-refractivity contribution in [3.05, 3.63) is 80.3 Å². The minimum absolute atomic E-state index is 0.302. The number of carboxylic acids is 1. The highest BCUT2D eigenvalue weighted by atomic mass is 35.5. The molecule has 3 aromatic rings. The van der Waals surface area contributed by atoms with Crippen LogP contribution in [0, 0.1) is 12.7 Å². The van der Waals surface area contributed by atoms with Crippen molar-refractivity contribution in [1.82, 2.24) is 4.57 Å². The van der Waals surface area contributed by atoms with E-state index >= 15 is 0 Å². The van der Waals surface area contributed by atoms with Gasteiger partial charge in [0.05, 0.1) is 17.3 Å². The lowest BCUT2D eigenvalue weighted by Crippen LogP contribution is -2.28. The van der Waals surface area contributed by atoms with Gasteiger partial charge in [0.25, 0.3) is 0 Å². The van der Waals surface area contributed by atoms with Crippen molar-refractivity contribution in [1.29, 1.82) is 0 Å². The maximum Gasteiger partial charge on any atom is 0.341 e. The van der Waals surface area contributed by atoms with Gasteiger partial charge in [-0.3, -0.25) is 4.79 Å². The number of ether oxygens (including phenoxy) is 3. The third-order valence-electron chi connectivity index (χ3n) is 5.21. The summed E-state index contributed by atoms with van der Waals surface area (Å²) in [5, 5.41) is 9.75. The van der Waals surface area contributed by atoms with Crippen LogP contribution in [-0.4, -0.2) is 36.0 Å². The highest BCUT2D eigenvalue weighted by Gasteiger charge is 2.30. The van der Waals surface area contributed by atoms with Crippen molar-refractivity contribution in [3.8, 4) is 22.8 Å². The zero-order valence-electron chi connectivity index (χ0n) is 17.9. The molecule has 0 radical (unpaired) electrons. The molecule has 0 fully saturated rings. The van der Waals surface area contributed by atoms with Crippen LogP contribution in [0.1, 0.15) is 34.1 Å². The van der Waals surface area contributed by atoms with Crippen LogP contribution in [0.5, 0.6) is 11.5 Å². The van der Waals surface area contributed by atoms with Crippen molar-refractivity contribution >= 4 is 17.6 Å². The van der Waals surface area contributed by atoms with E-state index in [0.29, 0.717) is 58.5 Å². The molecule has 7 nitrogen and oxygen atoms in total. The van der Waals surface area contributed by atoms with Crippen molar-refractivity contribution in [2.24, 2.45) is 0 Å². The molecule has 1 N–H and O–H groups in total. The largest absolute Gasteiger partial charge is 0.492 e. The predicted molar refractivity (Wildman–Crippen MR) is 120 cm³/mol. The Balaban J connectivity index is 1.86. The summed E-state index contributed by atoms with van der Waals surface area (Å²) in [4.78, 5) is 24.1. The number of pyridine rings is 1. The Morgan fingerprint density at radius 3 is 2.70 bits per heavy atom. The molecular weight excluding hydrogens is 453 g/mol. The number of aromatic nitrogens is 1. The fraction of sp³-hybridized carbons (Fsp3) is 0.250. The van der Waals surface area contributed by atoms with Gasteiger partial charge in [-0.05, 0) is 30.7 Å². The minimum Gasteiger partial charge on any atom is -0.492 e. The second kappa shape index (κ2) is 9.25. The van der Waals surface area contributed by atoms with E-state index in [1.807, 2.05) is 0 Å². The molecule has 0 saturated carbocycles. The van der Waals surface area contributed by atoms with Crippen LogP contribution < -0.4 is 14.9 Å². The Morgan fingerprint density at radius 2 is 2.00 bits per heavy atom. The number of aryl methyl sites for hydroxylation is 1. The molecule has 33 heavy (non-hydrogen) atoms. The van der Waals surface area contributed by atoms with Gasteiger partial charge in [-0.2, -0.15) is 0 Å². The third-order valence-corrected chi connectivity index (χ3v) is 5.51. The Morgan fingerprint density at radius 1 is 1.21 bits per heavy atom. The molecule has 172 valence electrons. The van der Waals surface area contributed by atoms with Crippen LogP contribution in [0.25, 0.3) is 11.3 Å². The van der Waals surface area contributed by atoms with Gasteiger partial charge in [-0.15, -0.1) is 0 Å². The third kappa shape index (κ3) is 4.58. The SMILES string of the molecule is COCCCOc1cc2c(cc1Cl)-c1cc(=O)c(C(=O)O)cn1C(c1cc(C)cc(F)c1)O2. The first-order valence-corrected chi connectivity index (χ1v) is 10.5. The van der Waals surface area contributed by atoms with Gasteiger partial charge in [-0.1, -0.05) is 17.7 Å². The number of carbonyl (C=O) groups is 1. The second-order valence-electron chi connectivity index (χ2n) is 7.65. The molecule has 9 heteroatoms. The monoisotopic (exact) mass is 473 g/mol. The van der Waals surface area contributed by atoms with E-state index in [-0.39, 0.29) is 0 Å². The normalized spacial score (nSPS) is 14.2. The van der Waals surface area contributed by atoms with Crippen LogP contribution in [-0.2, 0) is 4.74 Å². The summed E-state index contributed by atoms with van der Waals surface area (Å²) in [6.07, 6.45) is 0.950. The fourth-order valence-electron chi connectivity index (χ4n) is 3.76. The Kier molecular flexibility index (Phi) is 6.40. The van der Waals surface area contributed by atoms with Gasteiger partial charge < -0.3 is 23.9 Å². The maximum atomic E-state index is 14.2. The highest BCUT2D eigenvalue weighted by Crippen LogP contribution is 2.44. The Hall–Kier alpha value is -3.36. The number of rotatable bonds is 7. The van der Waals surface area contributed by atoms with Gasteiger partial charge >= 0.3 is 5.97 Å². The van der Waals surface area contributed by atoms with E-state index in [9.17, 15) is 19.1 Å². The Labute approximate surface area is 193 Å². The smallest absolute Gasteiger partial charge is 0.341 e. The first kappa shape index (κ1) is 22.8. The quantitative estimate of drug-likeness (QED) is 0.502. The molecule has 2 heterocycles. The van der Waals surface area contributed by atoms with Gasteiger partial charge in [-0.25, -0.2) is 9.18 Å². The number of hydrogen-bond acceptors (Lipinski definition) is 5. The topological polar surface area (TPSA) is 87.0 Å². The van der Waals surface area contributed by atoms with E-state index in [4.69, 9.17) is 25.8 Å². The summed E-state index contributed by atoms with van der Waals surface area (Å²) in [5.41, 5.74) is 0.921. The lowest BCUT2D eigenvalue weighted by Gasteiger charge is -2.32. The molecule has 0 saturated heterocycles. The van der Waals surface area contributed by atoms with E-state index in [0.717, 1.165) is 0 Å². The molecule has 0 bridgehead atoms. The van der Waals surface area contributed by atoms with E-state index < -0.39 is 29.0 Å². The maximum absolute atomic E-state index is 14.2. The summed E-state index contributed by atoms with van der Waals surface area (Å²) in [6.45, 7) is 2.64. The van der Waals surface area contributed by atoms with Crippen LogP contribution in [0.3, 0.4) is 0 Å². The number of halogens is 2. The fourth-order valence-corrected chi connectivity index (χ4v) is 3.98. The number of fused-ring (bicyclic) bond motifs is 3. The second-order valence-corrected chi connectivity index (χ2v) is 8.06. The van der Waals surface area contributed by atoms with Gasteiger partial charge in [0, 0.05) is 49.6 Å². The molecule has 0 amide bonds. The molecule has 0 spiro atoms. The molecule has 4 rings (SSSR count). The average molecular weight is 474 g/mol.